The van der Waals surface area contributed by atoms with Gasteiger partial charge in [0.05, 0.1) is 13.7 Å². The van der Waals surface area contributed by atoms with Crippen LogP contribution in [0.15, 0.2) is 24.3 Å². The lowest BCUT2D eigenvalue weighted by Crippen LogP contribution is -2.36. The molecule has 138 valence electrons. The lowest BCUT2D eigenvalue weighted by molar-refractivity contribution is -0.127. The van der Waals surface area contributed by atoms with Crippen LogP contribution in [0.3, 0.4) is 0 Å². The number of benzene rings is 1. The van der Waals surface area contributed by atoms with Gasteiger partial charge in [-0.25, -0.2) is 0 Å². The predicted octanol–water partition coefficient (Wildman–Crippen LogP) is 4.54. The molecule has 0 radical (unpaired) electrons. The molecule has 1 aromatic carbocycles. The van der Waals surface area contributed by atoms with Crippen molar-refractivity contribution in [2.24, 2.45) is 5.92 Å². The first-order valence-corrected chi connectivity index (χ1v) is 9.42. The minimum atomic E-state index is 0.0887. The summed E-state index contributed by atoms with van der Waals surface area (Å²) >= 11 is 0. The van der Waals surface area contributed by atoms with E-state index < -0.39 is 0 Å². The Balaban J connectivity index is 1.93. The van der Waals surface area contributed by atoms with Crippen molar-refractivity contribution in [3.63, 3.8) is 0 Å². The van der Waals surface area contributed by atoms with Crippen LogP contribution in [0.2, 0.25) is 0 Å². The molecule has 0 aliphatic carbocycles. The molecule has 1 aliphatic rings. The summed E-state index contributed by atoms with van der Waals surface area (Å²) in [5, 5.41) is 0. The van der Waals surface area contributed by atoms with Crippen LogP contribution in [0.25, 0.3) is 6.08 Å². The molecule has 0 atom stereocenters. The van der Waals surface area contributed by atoms with E-state index in [2.05, 4.69) is 13.8 Å². The number of methoxy groups -OCH3 is 1. The Labute approximate surface area is 151 Å². The molecule has 1 aromatic rings. The van der Waals surface area contributed by atoms with Gasteiger partial charge in [0.25, 0.3) is 0 Å². The van der Waals surface area contributed by atoms with Crippen LogP contribution in [-0.4, -0.2) is 37.6 Å². The molecule has 0 bridgehead atoms. The second-order valence-electron chi connectivity index (χ2n) is 6.81. The molecule has 0 spiro atoms. The quantitative estimate of drug-likeness (QED) is 0.513. The molecule has 1 amide bonds. The van der Waals surface area contributed by atoms with Crippen molar-refractivity contribution in [3.8, 4) is 11.5 Å². The number of piperidine rings is 1. The Hall–Kier alpha value is -1.97. The molecule has 0 saturated carbocycles. The Bertz CT molecular complexity index is 575. The Morgan fingerprint density at radius 2 is 2.00 bits per heavy atom. The van der Waals surface area contributed by atoms with Gasteiger partial charge in [0.2, 0.25) is 5.91 Å². The van der Waals surface area contributed by atoms with Crippen molar-refractivity contribution in [1.29, 1.82) is 0 Å². The Morgan fingerprint density at radius 1 is 1.24 bits per heavy atom. The molecule has 4 nitrogen and oxygen atoms in total. The summed E-state index contributed by atoms with van der Waals surface area (Å²) in [6, 6.07) is 5.79. The number of unbranched alkanes of at least 4 members (excludes halogenated alkanes) is 2. The van der Waals surface area contributed by atoms with E-state index in [-0.39, 0.29) is 5.91 Å². The van der Waals surface area contributed by atoms with Crippen LogP contribution in [0.1, 0.15) is 51.5 Å². The van der Waals surface area contributed by atoms with E-state index in [9.17, 15) is 4.79 Å². The van der Waals surface area contributed by atoms with Gasteiger partial charge in [0.1, 0.15) is 0 Å². The number of rotatable bonds is 8. The number of hydrogen-bond acceptors (Lipinski definition) is 3. The molecule has 1 fully saturated rings. The average Bonchev–Trinajstić information content (AvgIpc) is 2.64. The fraction of sp³-hybridized carbons (Fsp3) is 0.571. The van der Waals surface area contributed by atoms with Crippen LogP contribution >= 0.6 is 0 Å². The van der Waals surface area contributed by atoms with Crippen LogP contribution in [0, 0.1) is 5.92 Å². The van der Waals surface area contributed by atoms with Crippen molar-refractivity contribution in [3.05, 3.63) is 29.8 Å². The highest BCUT2D eigenvalue weighted by Crippen LogP contribution is 2.29. The third-order valence-corrected chi connectivity index (χ3v) is 4.71. The molecule has 1 saturated heterocycles. The first kappa shape index (κ1) is 19.4. The minimum absolute atomic E-state index is 0.0887. The molecular weight excluding hydrogens is 314 g/mol. The molecular formula is C21H31NO3. The highest BCUT2D eigenvalue weighted by Gasteiger charge is 2.18. The number of nitrogens with zero attached hydrogens (tertiary/aromatic N) is 1. The van der Waals surface area contributed by atoms with Gasteiger partial charge in [0, 0.05) is 19.2 Å². The summed E-state index contributed by atoms with van der Waals surface area (Å²) < 4.78 is 11.2. The van der Waals surface area contributed by atoms with Gasteiger partial charge in [0.15, 0.2) is 11.5 Å². The van der Waals surface area contributed by atoms with Gasteiger partial charge in [-0.1, -0.05) is 32.8 Å². The zero-order valence-corrected chi connectivity index (χ0v) is 15.8. The van der Waals surface area contributed by atoms with Gasteiger partial charge in [-0.2, -0.15) is 0 Å². The van der Waals surface area contributed by atoms with Crippen molar-refractivity contribution < 1.29 is 14.3 Å². The molecule has 0 N–H and O–H groups in total. The predicted molar refractivity (Wildman–Crippen MR) is 102 cm³/mol. The zero-order chi connectivity index (χ0) is 18.1. The maximum atomic E-state index is 12.3. The number of hydrogen-bond donors (Lipinski definition) is 0. The maximum Gasteiger partial charge on any atom is 0.246 e. The second-order valence-corrected chi connectivity index (χ2v) is 6.81. The summed E-state index contributed by atoms with van der Waals surface area (Å²) in [7, 11) is 1.64. The zero-order valence-electron chi connectivity index (χ0n) is 15.8. The summed E-state index contributed by atoms with van der Waals surface area (Å²) in [4.78, 5) is 14.2. The lowest BCUT2D eigenvalue weighted by atomic mass is 9.99. The average molecular weight is 345 g/mol. The number of carbonyl (C=O) groups excluding carboxylic acids is 1. The van der Waals surface area contributed by atoms with Crippen molar-refractivity contribution in [2.45, 2.75) is 46.0 Å². The highest BCUT2D eigenvalue weighted by atomic mass is 16.5. The molecule has 0 unspecified atom stereocenters. The number of amides is 1. The van der Waals surface area contributed by atoms with E-state index in [0.717, 1.165) is 49.6 Å². The fourth-order valence-electron chi connectivity index (χ4n) is 2.94. The first-order valence-electron chi connectivity index (χ1n) is 9.42. The van der Waals surface area contributed by atoms with Gasteiger partial charge < -0.3 is 14.4 Å². The third-order valence-electron chi connectivity index (χ3n) is 4.71. The van der Waals surface area contributed by atoms with Crippen LogP contribution in [0.5, 0.6) is 11.5 Å². The standard InChI is InChI=1S/C21H31NO3/c1-4-5-6-15-25-19-9-7-18(16-20(19)24-3)8-10-21(23)22-13-11-17(2)12-14-22/h7-10,16-17H,4-6,11-15H2,1-3H3/b10-8+. The molecule has 2 rings (SSSR count). The highest BCUT2D eigenvalue weighted by molar-refractivity contribution is 5.91. The lowest BCUT2D eigenvalue weighted by Gasteiger charge is -2.29. The molecule has 0 aromatic heterocycles. The third kappa shape index (κ3) is 6.11. The topological polar surface area (TPSA) is 38.8 Å². The first-order chi connectivity index (χ1) is 12.1. The Kier molecular flexibility index (Phi) is 7.83. The van der Waals surface area contributed by atoms with Gasteiger partial charge >= 0.3 is 0 Å². The number of ether oxygens (including phenoxy) is 2. The van der Waals surface area contributed by atoms with E-state index in [1.165, 1.54) is 12.8 Å². The van der Waals surface area contributed by atoms with Crippen molar-refractivity contribution in [1.82, 2.24) is 4.90 Å². The number of likely N-dealkylation sites (tertiary alicyclic amines) is 1. The van der Waals surface area contributed by atoms with Gasteiger partial charge in [-0.3, -0.25) is 4.79 Å². The fourth-order valence-corrected chi connectivity index (χ4v) is 2.94. The Morgan fingerprint density at radius 3 is 2.68 bits per heavy atom. The summed E-state index contributed by atoms with van der Waals surface area (Å²) in [6.45, 7) is 6.84. The van der Waals surface area contributed by atoms with Crippen molar-refractivity contribution >= 4 is 12.0 Å². The number of carbonyl (C=O) groups is 1. The smallest absolute Gasteiger partial charge is 0.246 e. The largest absolute Gasteiger partial charge is 0.493 e. The van der Waals surface area contributed by atoms with Gasteiger partial charge in [-0.05, 0) is 49.0 Å². The van der Waals surface area contributed by atoms with Crippen LogP contribution in [0.4, 0.5) is 0 Å². The van der Waals surface area contributed by atoms with Crippen LogP contribution in [-0.2, 0) is 4.79 Å². The van der Waals surface area contributed by atoms with E-state index in [0.29, 0.717) is 12.4 Å². The van der Waals surface area contributed by atoms with Crippen molar-refractivity contribution in [2.75, 3.05) is 26.8 Å². The van der Waals surface area contributed by atoms with Gasteiger partial charge in [-0.15, -0.1) is 0 Å². The maximum absolute atomic E-state index is 12.3. The minimum Gasteiger partial charge on any atom is -0.493 e. The van der Waals surface area contributed by atoms with E-state index >= 15 is 0 Å². The SMILES string of the molecule is CCCCCOc1ccc(/C=C/C(=O)N2CCC(C)CC2)cc1OC. The summed E-state index contributed by atoms with van der Waals surface area (Å²) in [5.74, 6) is 2.28. The molecule has 25 heavy (non-hydrogen) atoms. The molecule has 1 heterocycles. The van der Waals surface area contributed by atoms with Crippen LogP contribution < -0.4 is 9.47 Å². The van der Waals surface area contributed by atoms with E-state index in [1.54, 1.807) is 13.2 Å². The monoisotopic (exact) mass is 345 g/mol. The second kappa shape index (κ2) is 10.1. The molecule has 1 aliphatic heterocycles. The summed E-state index contributed by atoms with van der Waals surface area (Å²) in [6.07, 6.45) is 9.09. The summed E-state index contributed by atoms with van der Waals surface area (Å²) in [5.41, 5.74) is 0.941. The van der Waals surface area contributed by atoms with E-state index in [4.69, 9.17) is 9.47 Å². The van der Waals surface area contributed by atoms with E-state index in [1.807, 2.05) is 29.2 Å². The normalized spacial score (nSPS) is 15.6. The molecule has 4 heteroatoms.